The molecular weight excluding hydrogens is 224 g/mol. The highest BCUT2D eigenvalue weighted by Gasteiger charge is 2.10. The molecule has 0 fully saturated rings. The van der Waals surface area contributed by atoms with E-state index in [9.17, 15) is 0 Å². The molecule has 0 aliphatic rings. The predicted molar refractivity (Wildman–Crippen MR) is 71.9 cm³/mol. The molecule has 94 valence electrons. The van der Waals surface area contributed by atoms with Gasteiger partial charge in [-0.3, -0.25) is 0 Å². The molecule has 0 saturated carbocycles. The molecule has 4 heteroatoms. The predicted octanol–water partition coefficient (Wildman–Crippen LogP) is 2.23. The van der Waals surface area contributed by atoms with Gasteiger partial charge in [0, 0.05) is 13.0 Å². The minimum absolute atomic E-state index is 0.402. The number of benzene rings is 1. The zero-order valence-electron chi connectivity index (χ0n) is 10.6. The van der Waals surface area contributed by atoms with Crippen LogP contribution in [0.5, 0.6) is 0 Å². The Labute approximate surface area is 107 Å². The molecule has 0 saturated heterocycles. The maximum atomic E-state index is 8.75. The molecule has 0 amide bonds. The molecule has 2 N–H and O–H groups in total. The molecule has 18 heavy (non-hydrogen) atoms. The van der Waals surface area contributed by atoms with Crippen molar-refractivity contribution >= 4 is 11.0 Å². The van der Waals surface area contributed by atoms with Crippen molar-refractivity contribution in [2.24, 2.45) is 5.73 Å². The molecule has 0 aliphatic heterocycles. The zero-order chi connectivity index (χ0) is 13.0. The Balaban J connectivity index is 2.33. The van der Waals surface area contributed by atoms with Crippen LogP contribution in [0.25, 0.3) is 11.0 Å². The van der Waals surface area contributed by atoms with E-state index in [0.29, 0.717) is 6.42 Å². The van der Waals surface area contributed by atoms with Crippen molar-refractivity contribution in [3.8, 4) is 6.07 Å². The molecule has 0 spiro atoms. The van der Waals surface area contributed by atoms with Crippen molar-refractivity contribution in [3.05, 3.63) is 30.1 Å². The average molecular weight is 242 g/mol. The monoisotopic (exact) mass is 242 g/mol. The first kappa shape index (κ1) is 12.6. The Bertz CT molecular complexity index is 565. The number of para-hydroxylation sites is 2. The molecule has 0 aliphatic carbocycles. The lowest BCUT2D eigenvalue weighted by Gasteiger charge is -2.09. The number of hydrogen-bond donors (Lipinski definition) is 1. The summed E-state index contributed by atoms with van der Waals surface area (Å²) < 4.78 is 2.19. The summed E-state index contributed by atoms with van der Waals surface area (Å²) >= 11 is 0. The largest absolute Gasteiger partial charge is 0.328 e. The summed E-state index contributed by atoms with van der Waals surface area (Å²) in [5.74, 6) is 1.09. The summed E-state index contributed by atoms with van der Waals surface area (Å²) in [6.45, 7) is 2.90. The number of imidazole rings is 1. The highest BCUT2D eigenvalue weighted by molar-refractivity contribution is 5.75. The van der Waals surface area contributed by atoms with Crippen LogP contribution >= 0.6 is 0 Å². The van der Waals surface area contributed by atoms with Crippen molar-refractivity contribution < 1.29 is 0 Å². The van der Waals surface area contributed by atoms with E-state index < -0.39 is 6.04 Å². The first-order valence-corrected chi connectivity index (χ1v) is 6.35. The molecule has 1 unspecified atom stereocenters. The number of fused-ring (bicyclic) bond motifs is 1. The van der Waals surface area contributed by atoms with Gasteiger partial charge >= 0.3 is 0 Å². The average Bonchev–Trinajstić information content (AvgIpc) is 2.74. The summed E-state index contributed by atoms with van der Waals surface area (Å²) in [7, 11) is 0. The van der Waals surface area contributed by atoms with Gasteiger partial charge in [0.25, 0.3) is 0 Å². The van der Waals surface area contributed by atoms with Crippen LogP contribution in [0.3, 0.4) is 0 Å². The first-order chi connectivity index (χ1) is 8.76. The minimum Gasteiger partial charge on any atom is -0.328 e. The number of nitrogens with zero attached hydrogens (tertiary/aromatic N) is 3. The zero-order valence-corrected chi connectivity index (χ0v) is 10.6. The quantitative estimate of drug-likeness (QED) is 0.874. The van der Waals surface area contributed by atoms with Gasteiger partial charge < -0.3 is 10.3 Å². The van der Waals surface area contributed by atoms with E-state index in [0.717, 1.165) is 36.2 Å². The number of aryl methyl sites for hydroxylation is 2. The molecule has 1 atom stereocenters. The van der Waals surface area contributed by atoms with Gasteiger partial charge in [-0.15, -0.1) is 0 Å². The number of aromatic nitrogens is 2. The Kier molecular flexibility index (Phi) is 3.96. The van der Waals surface area contributed by atoms with E-state index in [2.05, 4.69) is 28.6 Å². The van der Waals surface area contributed by atoms with Crippen LogP contribution in [0.4, 0.5) is 0 Å². The number of nitrogens with two attached hydrogens (primary N) is 1. The molecule has 2 aromatic rings. The van der Waals surface area contributed by atoms with E-state index in [1.54, 1.807) is 0 Å². The normalized spacial score (nSPS) is 12.5. The topological polar surface area (TPSA) is 67.6 Å². The standard InChI is InChI=1S/C14H18N4/c1-2-5-14-17-12-6-3-4-7-13(12)18(14)9-8-11(16)10-15/h3-4,6-7,11H,2,5,8-9,16H2,1H3. The Morgan fingerprint density at radius 2 is 2.22 bits per heavy atom. The molecule has 2 rings (SSSR count). The Morgan fingerprint density at radius 1 is 1.44 bits per heavy atom. The fourth-order valence-electron chi connectivity index (χ4n) is 2.12. The summed E-state index contributed by atoms with van der Waals surface area (Å²) in [6.07, 6.45) is 2.68. The minimum atomic E-state index is -0.402. The second-order valence-electron chi connectivity index (χ2n) is 4.44. The summed E-state index contributed by atoms with van der Waals surface area (Å²) in [5.41, 5.74) is 7.81. The van der Waals surface area contributed by atoms with Crippen molar-refractivity contribution in [3.63, 3.8) is 0 Å². The lowest BCUT2D eigenvalue weighted by atomic mass is 10.2. The second-order valence-corrected chi connectivity index (χ2v) is 4.44. The summed E-state index contributed by atoms with van der Waals surface area (Å²) in [6, 6.07) is 9.77. The summed E-state index contributed by atoms with van der Waals surface area (Å²) in [5, 5.41) is 8.75. The van der Waals surface area contributed by atoms with Gasteiger partial charge in [-0.1, -0.05) is 19.1 Å². The SMILES string of the molecule is CCCc1nc2ccccc2n1CCC(N)C#N. The molecular formula is C14H18N4. The third-order valence-electron chi connectivity index (χ3n) is 3.04. The fourth-order valence-corrected chi connectivity index (χ4v) is 2.12. The van der Waals surface area contributed by atoms with Gasteiger partial charge in [-0.05, 0) is 25.0 Å². The van der Waals surface area contributed by atoms with Crippen LogP contribution in [-0.4, -0.2) is 15.6 Å². The molecule has 1 heterocycles. The first-order valence-electron chi connectivity index (χ1n) is 6.35. The second kappa shape index (κ2) is 5.65. The van der Waals surface area contributed by atoms with Crippen LogP contribution in [0.1, 0.15) is 25.6 Å². The van der Waals surface area contributed by atoms with Gasteiger partial charge in [-0.25, -0.2) is 4.98 Å². The number of rotatable bonds is 5. The molecule has 1 aromatic carbocycles. The van der Waals surface area contributed by atoms with Crippen molar-refractivity contribution in [2.75, 3.05) is 0 Å². The van der Waals surface area contributed by atoms with Gasteiger partial charge in [0.1, 0.15) is 5.82 Å². The van der Waals surface area contributed by atoms with Crippen molar-refractivity contribution in [1.82, 2.24) is 9.55 Å². The highest BCUT2D eigenvalue weighted by atomic mass is 15.1. The van der Waals surface area contributed by atoms with Gasteiger partial charge in [0.15, 0.2) is 0 Å². The Hall–Kier alpha value is -1.86. The van der Waals surface area contributed by atoms with Gasteiger partial charge in [0.2, 0.25) is 0 Å². The Morgan fingerprint density at radius 3 is 2.94 bits per heavy atom. The van der Waals surface area contributed by atoms with Crippen molar-refractivity contribution in [1.29, 1.82) is 5.26 Å². The number of nitriles is 1. The van der Waals surface area contributed by atoms with E-state index in [4.69, 9.17) is 11.0 Å². The maximum absolute atomic E-state index is 8.75. The van der Waals surface area contributed by atoms with Gasteiger partial charge in [0.05, 0.1) is 23.1 Å². The van der Waals surface area contributed by atoms with Crippen LogP contribution < -0.4 is 5.73 Å². The summed E-state index contributed by atoms with van der Waals surface area (Å²) in [4.78, 5) is 4.65. The van der Waals surface area contributed by atoms with Crippen LogP contribution in [0.2, 0.25) is 0 Å². The van der Waals surface area contributed by atoms with Gasteiger partial charge in [-0.2, -0.15) is 5.26 Å². The lowest BCUT2D eigenvalue weighted by Crippen LogP contribution is -2.20. The highest BCUT2D eigenvalue weighted by Crippen LogP contribution is 2.17. The maximum Gasteiger partial charge on any atom is 0.109 e. The van der Waals surface area contributed by atoms with Crippen molar-refractivity contribution in [2.45, 2.75) is 38.8 Å². The molecule has 0 bridgehead atoms. The molecule has 1 aromatic heterocycles. The van der Waals surface area contributed by atoms with E-state index in [1.165, 1.54) is 0 Å². The van der Waals surface area contributed by atoms with Crippen LogP contribution in [0, 0.1) is 11.3 Å². The van der Waals surface area contributed by atoms with Crippen LogP contribution in [0.15, 0.2) is 24.3 Å². The molecule has 0 radical (unpaired) electrons. The third-order valence-corrected chi connectivity index (χ3v) is 3.04. The van der Waals surface area contributed by atoms with E-state index >= 15 is 0 Å². The third kappa shape index (κ3) is 2.52. The lowest BCUT2D eigenvalue weighted by molar-refractivity contribution is 0.590. The smallest absolute Gasteiger partial charge is 0.109 e. The van der Waals surface area contributed by atoms with E-state index in [-0.39, 0.29) is 0 Å². The number of hydrogen-bond acceptors (Lipinski definition) is 3. The van der Waals surface area contributed by atoms with Crippen LogP contribution in [-0.2, 0) is 13.0 Å². The fraction of sp³-hybridized carbons (Fsp3) is 0.429. The van der Waals surface area contributed by atoms with E-state index in [1.807, 2.05) is 18.2 Å². The molecule has 4 nitrogen and oxygen atoms in total.